The second-order valence-corrected chi connectivity index (χ2v) is 5.60. The van der Waals surface area contributed by atoms with Crippen LogP contribution in [0.2, 0.25) is 0 Å². The van der Waals surface area contributed by atoms with Gasteiger partial charge in [-0.1, -0.05) is 41.4 Å². The third-order valence-electron chi connectivity index (χ3n) is 3.28. The van der Waals surface area contributed by atoms with Gasteiger partial charge in [0.1, 0.15) is 17.5 Å². The molecule has 0 unspecified atom stereocenters. The van der Waals surface area contributed by atoms with Crippen molar-refractivity contribution in [2.45, 2.75) is 26.7 Å². The number of hydrogen-bond donors (Lipinski definition) is 1. The van der Waals surface area contributed by atoms with Gasteiger partial charge in [0.15, 0.2) is 0 Å². The summed E-state index contributed by atoms with van der Waals surface area (Å²) in [5.74, 6) is 0.308. The molecule has 0 saturated carbocycles. The Bertz CT molecular complexity index is 670. The van der Waals surface area contributed by atoms with E-state index in [1.54, 1.807) is 0 Å². The van der Waals surface area contributed by atoms with Gasteiger partial charge in [-0.05, 0) is 36.6 Å². The van der Waals surface area contributed by atoms with E-state index in [0.717, 1.165) is 39.7 Å². The van der Waals surface area contributed by atoms with Crippen LogP contribution in [0.4, 0.5) is 5.82 Å². The van der Waals surface area contributed by atoms with E-state index in [4.69, 9.17) is 5.73 Å². The Hall–Kier alpha value is -1.86. The SMILES string of the molecule is CCCc1c(C)nc(N)c(C#N)c1-c1ccc(Br)cc1. The van der Waals surface area contributed by atoms with Crippen molar-refractivity contribution in [3.63, 3.8) is 0 Å². The summed E-state index contributed by atoms with van der Waals surface area (Å²) in [7, 11) is 0. The van der Waals surface area contributed by atoms with Crippen LogP contribution in [0.25, 0.3) is 11.1 Å². The number of nitrogens with zero attached hydrogens (tertiary/aromatic N) is 2. The summed E-state index contributed by atoms with van der Waals surface area (Å²) in [5, 5.41) is 9.42. The maximum Gasteiger partial charge on any atom is 0.142 e. The monoisotopic (exact) mass is 329 g/mol. The Balaban J connectivity index is 2.77. The highest BCUT2D eigenvalue weighted by Gasteiger charge is 2.17. The van der Waals surface area contributed by atoms with Gasteiger partial charge < -0.3 is 5.73 Å². The highest BCUT2D eigenvalue weighted by Crippen LogP contribution is 2.33. The van der Waals surface area contributed by atoms with Crippen LogP contribution in [0.3, 0.4) is 0 Å². The number of halogens is 1. The molecule has 0 radical (unpaired) electrons. The predicted molar refractivity (Wildman–Crippen MR) is 85.2 cm³/mol. The lowest BCUT2D eigenvalue weighted by Crippen LogP contribution is -2.05. The number of aromatic nitrogens is 1. The van der Waals surface area contributed by atoms with Crippen LogP contribution < -0.4 is 5.73 Å². The van der Waals surface area contributed by atoms with Gasteiger partial charge in [-0.25, -0.2) is 4.98 Å². The van der Waals surface area contributed by atoms with E-state index in [0.29, 0.717) is 11.4 Å². The highest BCUT2D eigenvalue weighted by atomic mass is 79.9. The normalized spacial score (nSPS) is 10.3. The van der Waals surface area contributed by atoms with E-state index in [1.807, 2.05) is 31.2 Å². The summed E-state index contributed by atoms with van der Waals surface area (Å²) in [4.78, 5) is 4.31. The molecule has 0 aliphatic rings. The summed E-state index contributed by atoms with van der Waals surface area (Å²) in [6, 6.07) is 10.1. The molecular weight excluding hydrogens is 314 g/mol. The molecule has 3 nitrogen and oxygen atoms in total. The molecule has 1 heterocycles. The number of benzene rings is 1. The van der Waals surface area contributed by atoms with Crippen molar-refractivity contribution in [3.05, 3.63) is 45.6 Å². The second kappa shape index (κ2) is 6.06. The fraction of sp³-hybridized carbons (Fsp3) is 0.250. The minimum Gasteiger partial charge on any atom is -0.383 e. The third kappa shape index (κ3) is 2.68. The molecule has 4 heteroatoms. The predicted octanol–water partition coefficient (Wildman–Crippen LogP) is 4.23. The largest absolute Gasteiger partial charge is 0.383 e. The number of nitrogen functional groups attached to an aromatic ring is 1. The van der Waals surface area contributed by atoms with Crippen LogP contribution in [0.1, 0.15) is 30.2 Å². The summed E-state index contributed by atoms with van der Waals surface area (Å²) in [5.41, 5.74) is 10.3. The molecule has 0 aliphatic heterocycles. The summed E-state index contributed by atoms with van der Waals surface area (Å²) < 4.78 is 1.01. The van der Waals surface area contributed by atoms with Crippen molar-refractivity contribution in [1.82, 2.24) is 4.98 Å². The Kier molecular flexibility index (Phi) is 4.41. The zero-order chi connectivity index (χ0) is 14.7. The van der Waals surface area contributed by atoms with Gasteiger partial charge in [0.2, 0.25) is 0 Å². The fourth-order valence-corrected chi connectivity index (χ4v) is 2.63. The first-order chi connectivity index (χ1) is 9.58. The van der Waals surface area contributed by atoms with Crippen LogP contribution in [0.15, 0.2) is 28.7 Å². The van der Waals surface area contributed by atoms with Gasteiger partial charge in [-0.15, -0.1) is 0 Å². The number of nitrogens with two attached hydrogens (primary N) is 1. The van der Waals surface area contributed by atoms with Crippen LogP contribution in [-0.2, 0) is 6.42 Å². The summed E-state index contributed by atoms with van der Waals surface area (Å²) in [6.45, 7) is 4.07. The van der Waals surface area contributed by atoms with Gasteiger partial charge in [0, 0.05) is 15.7 Å². The molecule has 102 valence electrons. The molecule has 2 aromatic rings. The highest BCUT2D eigenvalue weighted by molar-refractivity contribution is 9.10. The number of aryl methyl sites for hydroxylation is 1. The van der Waals surface area contributed by atoms with E-state index in [9.17, 15) is 5.26 Å². The van der Waals surface area contributed by atoms with Gasteiger partial charge in [0.25, 0.3) is 0 Å². The topological polar surface area (TPSA) is 62.7 Å². The quantitative estimate of drug-likeness (QED) is 0.916. The molecule has 2 N–H and O–H groups in total. The van der Waals surface area contributed by atoms with Crippen LogP contribution in [-0.4, -0.2) is 4.98 Å². The number of hydrogen-bond acceptors (Lipinski definition) is 3. The molecule has 0 fully saturated rings. The molecule has 0 spiro atoms. The number of pyridine rings is 1. The lowest BCUT2D eigenvalue weighted by atomic mass is 9.92. The first-order valence-corrected chi connectivity index (χ1v) is 7.32. The zero-order valence-corrected chi connectivity index (χ0v) is 13.2. The van der Waals surface area contributed by atoms with E-state index in [2.05, 4.69) is 33.9 Å². The van der Waals surface area contributed by atoms with Crippen molar-refractivity contribution < 1.29 is 0 Å². The fourth-order valence-electron chi connectivity index (χ4n) is 2.37. The molecular formula is C16H16BrN3. The van der Waals surface area contributed by atoms with Crippen molar-refractivity contribution in [1.29, 1.82) is 5.26 Å². The van der Waals surface area contributed by atoms with Gasteiger partial charge in [-0.2, -0.15) is 5.26 Å². The first-order valence-electron chi connectivity index (χ1n) is 6.53. The van der Waals surface area contributed by atoms with Gasteiger partial charge in [-0.3, -0.25) is 0 Å². The Morgan fingerprint density at radius 1 is 1.30 bits per heavy atom. The van der Waals surface area contributed by atoms with Crippen LogP contribution in [0, 0.1) is 18.3 Å². The van der Waals surface area contributed by atoms with Crippen molar-refractivity contribution in [2.75, 3.05) is 5.73 Å². The Labute approximate surface area is 127 Å². The third-order valence-corrected chi connectivity index (χ3v) is 3.81. The summed E-state index contributed by atoms with van der Waals surface area (Å²) in [6.07, 6.45) is 1.89. The molecule has 20 heavy (non-hydrogen) atoms. The molecule has 0 saturated heterocycles. The lowest BCUT2D eigenvalue weighted by molar-refractivity contribution is 0.901. The van der Waals surface area contributed by atoms with Crippen LogP contribution in [0.5, 0.6) is 0 Å². The number of nitriles is 1. The van der Waals surface area contributed by atoms with E-state index in [-0.39, 0.29) is 0 Å². The summed E-state index contributed by atoms with van der Waals surface area (Å²) >= 11 is 3.43. The van der Waals surface area contributed by atoms with Gasteiger partial charge >= 0.3 is 0 Å². The molecule has 1 aromatic heterocycles. The average molecular weight is 330 g/mol. The molecule has 0 bridgehead atoms. The van der Waals surface area contributed by atoms with Crippen molar-refractivity contribution in [2.24, 2.45) is 0 Å². The zero-order valence-electron chi connectivity index (χ0n) is 11.6. The lowest BCUT2D eigenvalue weighted by Gasteiger charge is -2.15. The van der Waals surface area contributed by atoms with E-state index < -0.39 is 0 Å². The standard InChI is InChI=1S/C16H16BrN3/c1-3-4-13-10(2)20-16(19)14(9-18)15(13)11-5-7-12(17)8-6-11/h5-8H,3-4H2,1-2H3,(H2,19,20). The minimum atomic E-state index is 0.308. The average Bonchev–Trinajstić information content (AvgIpc) is 2.42. The van der Waals surface area contributed by atoms with Crippen molar-refractivity contribution >= 4 is 21.7 Å². The molecule has 0 aliphatic carbocycles. The van der Waals surface area contributed by atoms with E-state index >= 15 is 0 Å². The molecule has 1 aromatic carbocycles. The molecule has 0 atom stereocenters. The van der Waals surface area contributed by atoms with Crippen molar-refractivity contribution in [3.8, 4) is 17.2 Å². The van der Waals surface area contributed by atoms with Gasteiger partial charge in [0.05, 0.1) is 0 Å². The first kappa shape index (κ1) is 14.5. The molecule has 2 rings (SSSR count). The maximum absolute atomic E-state index is 9.42. The molecule has 0 amide bonds. The minimum absolute atomic E-state index is 0.308. The Morgan fingerprint density at radius 2 is 1.95 bits per heavy atom. The smallest absolute Gasteiger partial charge is 0.142 e. The maximum atomic E-state index is 9.42. The Morgan fingerprint density at radius 3 is 2.50 bits per heavy atom. The number of anilines is 1. The van der Waals surface area contributed by atoms with E-state index in [1.165, 1.54) is 0 Å². The second-order valence-electron chi connectivity index (χ2n) is 4.68. The van der Waals surface area contributed by atoms with Crippen LogP contribution >= 0.6 is 15.9 Å². The number of rotatable bonds is 3.